The zero-order chi connectivity index (χ0) is 11.8. The number of amides is 1. The van der Waals surface area contributed by atoms with Gasteiger partial charge in [-0.25, -0.2) is 0 Å². The van der Waals surface area contributed by atoms with Crippen molar-refractivity contribution in [3.05, 3.63) is 0 Å². The van der Waals surface area contributed by atoms with Crippen molar-refractivity contribution in [2.24, 2.45) is 11.8 Å². The Morgan fingerprint density at radius 3 is 2.38 bits per heavy atom. The van der Waals surface area contributed by atoms with Gasteiger partial charge in [-0.15, -0.1) is 0 Å². The smallest absolute Gasteiger partial charge is 0.223 e. The van der Waals surface area contributed by atoms with Crippen molar-refractivity contribution in [2.75, 3.05) is 19.6 Å². The van der Waals surface area contributed by atoms with E-state index in [9.17, 15) is 4.79 Å². The highest BCUT2D eigenvalue weighted by atomic mass is 16.1. The number of carbonyl (C=O) groups excluding carboxylic acids is 1. The summed E-state index contributed by atoms with van der Waals surface area (Å²) in [6.07, 6.45) is 5.93. The van der Waals surface area contributed by atoms with Crippen LogP contribution in [0.4, 0.5) is 0 Å². The van der Waals surface area contributed by atoms with Crippen LogP contribution in [0.15, 0.2) is 0 Å². The molecule has 0 heterocycles. The van der Waals surface area contributed by atoms with Gasteiger partial charge in [0.15, 0.2) is 0 Å². The molecule has 0 radical (unpaired) electrons. The fraction of sp³-hybridized carbons (Fsp3) is 0.923. The molecule has 0 aliphatic heterocycles. The van der Waals surface area contributed by atoms with E-state index in [0.717, 1.165) is 38.4 Å². The lowest BCUT2D eigenvalue weighted by atomic mass is 9.80. The molecule has 3 heteroatoms. The first-order valence-corrected chi connectivity index (χ1v) is 6.76. The van der Waals surface area contributed by atoms with Crippen molar-refractivity contribution >= 4 is 5.91 Å². The van der Waals surface area contributed by atoms with Crippen LogP contribution in [0.3, 0.4) is 0 Å². The van der Waals surface area contributed by atoms with Crippen LogP contribution in [0.5, 0.6) is 0 Å². The molecule has 0 aromatic carbocycles. The second kappa shape index (κ2) is 7.66. The molecule has 16 heavy (non-hydrogen) atoms. The Kier molecular flexibility index (Phi) is 6.46. The lowest BCUT2D eigenvalue weighted by Crippen LogP contribution is -2.37. The summed E-state index contributed by atoms with van der Waals surface area (Å²) in [5.74, 6) is 1.42. The number of likely N-dealkylation sites (N-methyl/N-ethyl adjacent to an activating group) is 1. The minimum atomic E-state index is 0.271. The van der Waals surface area contributed by atoms with Gasteiger partial charge < -0.3 is 10.6 Å². The molecule has 0 unspecified atom stereocenters. The largest absolute Gasteiger partial charge is 0.355 e. The molecular weight excluding hydrogens is 200 g/mol. The molecular formula is C13H26N2O. The van der Waals surface area contributed by atoms with E-state index in [1.165, 1.54) is 19.3 Å². The van der Waals surface area contributed by atoms with E-state index in [0.29, 0.717) is 0 Å². The first-order valence-electron chi connectivity index (χ1n) is 6.76. The van der Waals surface area contributed by atoms with E-state index >= 15 is 0 Å². The van der Waals surface area contributed by atoms with E-state index in [2.05, 4.69) is 24.5 Å². The standard InChI is InChI=1S/C13H26N2O/c1-3-11-5-7-12(8-6-11)13(16)15-10-9-14-4-2/h11-12,14H,3-10H2,1-2H3,(H,15,16). The maximum absolute atomic E-state index is 11.8. The van der Waals surface area contributed by atoms with Gasteiger partial charge in [0.25, 0.3) is 0 Å². The first-order chi connectivity index (χ1) is 7.77. The summed E-state index contributed by atoms with van der Waals surface area (Å²) < 4.78 is 0. The van der Waals surface area contributed by atoms with Gasteiger partial charge >= 0.3 is 0 Å². The van der Waals surface area contributed by atoms with Gasteiger partial charge in [0, 0.05) is 19.0 Å². The van der Waals surface area contributed by atoms with Crippen molar-refractivity contribution in [3.63, 3.8) is 0 Å². The molecule has 1 aliphatic rings. The number of hydrogen-bond acceptors (Lipinski definition) is 2. The van der Waals surface area contributed by atoms with E-state index < -0.39 is 0 Å². The van der Waals surface area contributed by atoms with Crippen LogP contribution < -0.4 is 10.6 Å². The monoisotopic (exact) mass is 226 g/mol. The van der Waals surface area contributed by atoms with Gasteiger partial charge in [0.2, 0.25) is 5.91 Å². The molecule has 1 aliphatic carbocycles. The Hall–Kier alpha value is -0.570. The second-order valence-corrected chi connectivity index (χ2v) is 4.77. The summed E-state index contributed by atoms with van der Waals surface area (Å²) in [6.45, 7) is 6.94. The van der Waals surface area contributed by atoms with Gasteiger partial charge in [0.05, 0.1) is 0 Å². The average Bonchev–Trinajstić information content (AvgIpc) is 2.34. The molecule has 94 valence electrons. The molecule has 1 saturated carbocycles. The van der Waals surface area contributed by atoms with Crippen LogP contribution in [0.1, 0.15) is 46.0 Å². The van der Waals surface area contributed by atoms with Crippen LogP contribution in [0.25, 0.3) is 0 Å². The molecule has 1 amide bonds. The maximum Gasteiger partial charge on any atom is 0.223 e. The molecule has 0 bridgehead atoms. The summed E-state index contributed by atoms with van der Waals surface area (Å²) in [6, 6.07) is 0. The number of carbonyl (C=O) groups is 1. The van der Waals surface area contributed by atoms with Crippen LogP contribution in [-0.4, -0.2) is 25.5 Å². The molecule has 0 saturated heterocycles. The molecule has 1 rings (SSSR count). The minimum Gasteiger partial charge on any atom is -0.355 e. The van der Waals surface area contributed by atoms with Gasteiger partial charge in [-0.2, -0.15) is 0 Å². The third-order valence-electron chi connectivity index (χ3n) is 3.65. The van der Waals surface area contributed by atoms with Crippen LogP contribution >= 0.6 is 0 Å². The molecule has 0 atom stereocenters. The predicted octanol–water partition coefficient (Wildman–Crippen LogP) is 1.93. The second-order valence-electron chi connectivity index (χ2n) is 4.77. The van der Waals surface area contributed by atoms with E-state index in [1.54, 1.807) is 0 Å². The van der Waals surface area contributed by atoms with Gasteiger partial charge in [-0.05, 0) is 38.1 Å². The molecule has 3 nitrogen and oxygen atoms in total. The van der Waals surface area contributed by atoms with Crippen molar-refractivity contribution in [3.8, 4) is 0 Å². The van der Waals surface area contributed by atoms with Crippen LogP contribution in [-0.2, 0) is 4.79 Å². The third kappa shape index (κ3) is 4.52. The predicted molar refractivity (Wildman–Crippen MR) is 67.3 cm³/mol. The van der Waals surface area contributed by atoms with Crippen molar-refractivity contribution in [1.82, 2.24) is 10.6 Å². The number of rotatable bonds is 6. The lowest BCUT2D eigenvalue weighted by molar-refractivity contribution is -0.126. The summed E-state index contributed by atoms with van der Waals surface area (Å²) in [5.41, 5.74) is 0. The topological polar surface area (TPSA) is 41.1 Å². The SMILES string of the molecule is CCNCCNC(=O)C1CCC(CC)CC1. The van der Waals surface area contributed by atoms with E-state index in [4.69, 9.17) is 0 Å². The quantitative estimate of drug-likeness (QED) is 0.679. The average molecular weight is 226 g/mol. The normalized spacial score (nSPS) is 25.4. The Labute approximate surface area is 99.4 Å². The van der Waals surface area contributed by atoms with Crippen LogP contribution in [0, 0.1) is 11.8 Å². The lowest BCUT2D eigenvalue weighted by Gasteiger charge is -2.26. The molecule has 0 aromatic rings. The highest BCUT2D eigenvalue weighted by molar-refractivity contribution is 5.78. The van der Waals surface area contributed by atoms with E-state index in [1.807, 2.05) is 0 Å². The van der Waals surface area contributed by atoms with Crippen LogP contribution in [0.2, 0.25) is 0 Å². The van der Waals surface area contributed by atoms with Gasteiger partial charge in [0.1, 0.15) is 0 Å². The fourth-order valence-corrected chi connectivity index (χ4v) is 2.43. The molecule has 0 aromatic heterocycles. The zero-order valence-corrected chi connectivity index (χ0v) is 10.7. The summed E-state index contributed by atoms with van der Waals surface area (Å²) >= 11 is 0. The van der Waals surface area contributed by atoms with Crippen molar-refractivity contribution in [2.45, 2.75) is 46.0 Å². The fourth-order valence-electron chi connectivity index (χ4n) is 2.43. The van der Waals surface area contributed by atoms with Gasteiger partial charge in [-0.3, -0.25) is 4.79 Å². The Morgan fingerprint density at radius 1 is 1.12 bits per heavy atom. The summed E-state index contributed by atoms with van der Waals surface area (Å²) in [4.78, 5) is 11.8. The summed E-state index contributed by atoms with van der Waals surface area (Å²) in [5, 5.41) is 6.23. The van der Waals surface area contributed by atoms with E-state index in [-0.39, 0.29) is 11.8 Å². The minimum absolute atomic E-state index is 0.271. The molecule has 0 spiro atoms. The van der Waals surface area contributed by atoms with Crippen molar-refractivity contribution in [1.29, 1.82) is 0 Å². The molecule has 1 fully saturated rings. The highest BCUT2D eigenvalue weighted by Crippen LogP contribution is 2.30. The van der Waals surface area contributed by atoms with Crippen molar-refractivity contribution < 1.29 is 4.79 Å². The Balaban J connectivity index is 2.13. The summed E-state index contributed by atoms with van der Waals surface area (Å²) in [7, 11) is 0. The third-order valence-corrected chi connectivity index (χ3v) is 3.65. The highest BCUT2D eigenvalue weighted by Gasteiger charge is 2.24. The number of hydrogen-bond donors (Lipinski definition) is 2. The Bertz CT molecular complexity index is 198. The Morgan fingerprint density at radius 2 is 1.81 bits per heavy atom. The number of nitrogens with one attached hydrogen (secondary N) is 2. The zero-order valence-electron chi connectivity index (χ0n) is 10.7. The maximum atomic E-state index is 11.8. The first kappa shape index (κ1) is 13.5. The van der Waals surface area contributed by atoms with Gasteiger partial charge in [-0.1, -0.05) is 20.3 Å². The molecule has 2 N–H and O–H groups in total.